The zero-order valence-corrected chi connectivity index (χ0v) is 18.0. The van der Waals surface area contributed by atoms with E-state index < -0.39 is 0 Å². The Labute approximate surface area is 168 Å². The molecule has 4 heteroatoms. The van der Waals surface area contributed by atoms with Gasteiger partial charge in [-0.05, 0) is 58.3 Å². The van der Waals surface area contributed by atoms with Crippen molar-refractivity contribution < 1.29 is 0 Å². The van der Waals surface area contributed by atoms with Crippen molar-refractivity contribution in [3.63, 3.8) is 0 Å². The second kappa shape index (κ2) is 11.2. The highest BCUT2D eigenvalue weighted by Crippen LogP contribution is 2.27. The summed E-state index contributed by atoms with van der Waals surface area (Å²) >= 11 is 12.9. The average molecular weight is 391 g/mol. The highest BCUT2D eigenvalue weighted by molar-refractivity contribution is 6.77. The van der Waals surface area contributed by atoms with E-state index in [2.05, 4.69) is 23.8 Å². The normalized spacial score (nSPS) is 16.1. The minimum absolute atomic E-state index is 0.166. The molecule has 1 unspecified atom stereocenters. The molecule has 0 aromatic heterocycles. The second-order valence-corrected chi connectivity index (χ2v) is 7.12. The summed E-state index contributed by atoms with van der Waals surface area (Å²) in [6.45, 7) is 12.0. The van der Waals surface area contributed by atoms with Gasteiger partial charge in [-0.25, -0.2) is 0 Å². The summed E-state index contributed by atoms with van der Waals surface area (Å²) < 4.78 is 0. The first-order valence-corrected chi connectivity index (χ1v) is 9.59. The lowest BCUT2D eigenvalue weighted by molar-refractivity contribution is 0.824. The van der Waals surface area contributed by atoms with Crippen molar-refractivity contribution >= 4 is 40.2 Å². The number of hydrogen-bond acceptors (Lipinski definition) is 2. The number of allylic oxidation sites excluding steroid dienone is 5. The Hall–Kier alpha value is -1.64. The van der Waals surface area contributed by atoms with Crippen molar-refractivity contribution in [2.45, 2.75) is 54.0 Å². The molecule has 0 radical (unpaired) electrons. The Kier molecular flexibility index (Phi) is 9.61. The minimum atomic E-state index is -0.166. The maximum Gasteiger partial charge on any atom is 0.133 e. The molecule has 0 fully saturated rings. The molecule has 0 N–H and O–H groups in total. The molecule has 0 saturated carbocycles. The van der Waals surface area contributed by atoms with Gasteiger partial charge in [0.2, 0.25) is 0 Å². The zero-order chi connectivity index (χ0) is 19.7. The SMILES string of the molecule is C\C=C/C=N/C(=C(\C)CC)C(C)N=C(Cl)/C(=C(\C)Cl)c1ccc(C)cc1. The van der Waals surface area contributed by atoms with Crippen LogP contribution in [0.25, 0.3) is 5.57 Å². The van der Waals surface area contributed by atoms with E-state index in [0.717, 1.165) is 23.3 Å². The van der Waals surface area contributed by atoms with Gasteiger partial charge in [0, 0.05) is 16.8 Å². The molecule has 2 nitrogen and oxygen atoms in total. The van der Waals surface area contributed by atoms with Crippen LogP contribution in [-0.2, 0) is 0 Å². The maximum atomic E-state index is 6.58. The van der Waals surface area contributed by atoms with E-state index in [1.165, 1.54) is 11.1 Å². The summed E-state index contributed by atoms with van der Waals surface area (Å²) in [7, 11) is 0. The summed E-state index contributed by atoms with van der Waals surface area (Å²) in [5, 5.41) is 1.02. The van der Waals surface area contributed by atoms with Crippen LogP contribution in [0.2, 0.25) is 0 Å². The van der Waals surface area contributed by atoms with Gasteiger partial charge >= 0.3 is 0 Å². The monoisotopic (exact) mass is 390 g/mol. The van der Waals surface area contributed by atoms with Gasteiger partial charge in [-0.3, -0.25) is 9.98 Å². The lowest BCUT2D eigenvalue weighted by Gasteiger charge is -2.14. The van der Waals surface area contributed by atoms with Crippen LogP contribution in [-0.4, -0.2) is 17.4 Å². The molecule has 0 aliphatic heterocycles. The van der Waals surface area contributed by atoms with Crippen molar-refractivity contribution in [2.24, 2.45) is 9.98 Å². The zero-order valence-electron chi connectivity index (χ0n) is 16.5. The number of nitrogens with zero attached hydrogens (tertiary/aromatic N) is 2. The van der Waals surface area contributed by atoms with Crippen molar-refractivity contribution in [3.8, 4) is 0 Å². The van der Waals surface area contributed by atoms with Crippen LogP contribution in [0.3, 0.4) is 0 Å². The first-order valence-electron chi connectivity index (χ1n) is 8.83. The van der Waals surface area contributed by atoms with E-state index in [1.807, 2.05) is 64.1 Å². The third-order valence-corrected chi connectivity index (χ3v) is 4.53. The van der Waals surface area contributed by atoms with Crippen molar-refractivity contribution in [1.29, 1.82) is 0 Å². The smallest absolute Gasteiger partial charge is 0.133 e. The van der Waals surface area contributed by atoms with Crippen LogP contribution in [0.4, 0.5) is 0 Å². The van der Waals surface area contributed by atoms with Crippen LogP contribution < -0.4 is 0 Å². The number of halogens is 2. The van der Waals surface area contributed by atoms with Gasteiger partial charge in [-0.2, -0.15) is 0 Å². The molecule has 0 saturated heterocycles. The lowest BCUT2D eigenvalue weighted by atomic mass is 10.0. The van der Waals surface area contributed by atoms with E-state index in [4.69, 9.17) is 23.2 Å². The van der Waals surface area contributed by atoms with Crippen LogP contribution in [0.15, 0.2) is 62.7 Å². The summed E-state index contributed by atoms with van der Waals surface area (Å²) in [5.41, 5.74) is 5.02. The minimum Gasteiger partial charge on any atom is -0.263 e. The molecular formula is C22H28Cl2N2. The molecule has 0 spiro atoms. The highest BCUT2D eigenvalue weighted by Gasteiger charge is 2.15. The van der Waals surface area contributed by atoms with Gasteiger partial charge in [-0.15, -0.1) is 0 Å². The number of rotatable bonds is 7. The molecule has 1 rings (SSSR count). The van der Waals surface area contributed by atoms with Crippen LogP contribution >= 0.6 is 23.2 Å². The fourth-order valence-corrected chi connectivity index (χ4v) is 3.09. The third-order valence-electron chi connectivity index (χ3n) is 4.05. The van der Waals surface area contributed by atoms with Gasteiger partial charge in [0.25, 0.3) is 0 Å². The number of hydrogen-bond donors (Lipinski definition) is 0. The molecule has 140 valence electrons. The number of aryl methyl sites for hydroxylation is 1. The summed E-state index contributed by atoms with van der Waals surface area (Å²) in [4.78, 5) is 9.27. The fourth-order valence-electron chi connectivity index (χ4n) is 2.44. The topological polar surface area (TPSA) is 24.7 Å². The average Bonchev–Trinajstić information content (AvgIpc) is 2.59. The largest absolute Gasteiger partial charge is 0.263 e. The van der Waals surface area contributed by atoms with Crippen LogP contribution in [0, 0.1) is 6.92 Å². The third kappa shape index (κ3) is 6.59. The van der Waals surface area contributed by atoms with Crippen molar-refractivity contribution in [3.05, 3.63) is 63.8 Å². The van der Waals surface area contributed by atoms with Crippen LogP contribution in [0.1, 0.15) is 52.2 Å². The van der Waals surface area contributed by atoms with Crippen molar-refractivity contribution in [1.82, 2.24) is 0 Å². The Balaban J connectivity index is 3.29. The van der Waals surface area contributed by atoms with E-state index >= 15 is 0 Å². The van der Waals surface area contributed by atoms with E-state index in [1.54, 1.807) is 6.21 Å². The molecule has 0 heterocycles. The summed E-state index contributed by atoms with van der Waals surface area (Å²) in [6, 6.07) is 7.93. The van der Waals surface area contributed by atoms with E-state index in [-0.39, 0.29) is 6.04 Å². The fraction of sp³-hybridized carbons (Fsp3) is 0.364. The van der Waals surface area contributed by atoms with Gasteiger partial charge in [0.1, 0.15) is 5.17 Å². The first-order chi connectivity index (χ1) is 12.3. The lowest BCUT2D eigenvalue weighted by Crippen LogP contribution is -2.08. The molecule has 1 aromatic carbocycles. The number of benzene rings is 1. The molecule has 1 aromatic rings. The molecule has 26 heavy (non-hydrogen) atoms. The van der Waals surface area contributed by atoms with Gasteiger partial charge in [0.15, 0.2) is 0 Å². The van der Waals surface area contributed by atoms with E-state index in [9.17, 15) is 0 Å². The molecule has 0 aliphatic rings. The molecular weight excluding hydrogens is 363 g/mol. The first kappa shape index (κ1) is 22.4. The predicted molar refractivity (Wildman–Crippen MR) is 119 cm³/mol. The van der Waals surface area contributed by atoms with Gasteiger partial charge in [0.05, 0.1) is 11.7 Å². The molecule has 0 aliphatic carbocycles. The summed E-state index contributed by atoms with van der Waals surface area (Å²) in [5.74, 6) is 0. The Morgan fingerprint density at radius 1 is 1.15 bits per heavy atom. The van der Waals surface area contributed by atoms with Crippen molar-refractivity contribution in [2.75, 3.05) is 0 Å². The Bertz CT molecular complexity index is 747. The van der Waals surface area contributed by atoms with Crippen LogP contribution in [0.5, 0.6) is 0 Å². The quantitative estimate of drug-likeness (QED) is 0.435. The molecule has 1 atom stereocenters. The van der Waals surface area contributed by atoms with Gasteiger partial charge in [-0.1, -0.05) is 66.0 Å². The Morgan fingerprint density at radius 3 is 2.27 bits per heavy atom. The molecule has 0 bridgehead atoms. The summed E-state index contributed by atoms with van der Waals surface area (Å²) in [6.07, 6.45) is 6.55. The second-order valence-electron chi connectivity index (χ2n) is 6.19. The van der Waals surface area contributed by atoms with E-state index in [0.29, 0.717) is 10.2 Å². The predicted octanol–water partition coefficient (Wildman–Crippen LogP) is 7.32. The number of aliphatic imine (C=N–C) groups is 2. The molecule has 0 amide bonds. The highest BCUT2D eigenvalue weighted by atomic mass is 35.5. The maximum absolute atomic E-state index is 6.58. The Morgan fingerprint density at radius 2 is 1.77 bits per heavy atom. The van der Waals surface area contributed by atoms with Gasteiger partial charge < -0.3 is 0 Å². The standard InChI is InChI=1S/C22H28Cl2N2/c1-7-9-14-25-21(16(4)8-2)18(6)26-22(24)20(17(5)23)19-12-10-15(3)11-13-19/h7,9-14,18H,8H2,1-6H3/b9-7-,20-17+,21-16+,25-14+,26-22?.